The van der Waals surface area contributed by atoms with E-state index in [1.165, 1.54) is 12.7 Å². The molecule has 0 bridgehead atoms. The van der Waals surface area contributed by atoms with Gasteiger partial charge in [-0.05, 0) is 12.0 Å². The molecule has 0 spiro atoms. The van der Waals surface area contributed by atoms with Crippen molar-refractivity contribution in [3.63, 3.8) is 0 Å². The van der Waals surface area contributed by atoms with Gasteiger partial charge in [-0.3, -0.25) is 4.79 Å². The van der Waals surface area contributed by atoms with Crippen LogP contribution in [0.3, 0.4) is 0 Å². The summed E-state index contributed by atoms with van der Waals surface area (Å²) in [6, 6.07) is 10.0. The van der Waals surface area contributed by atoms with Crippen LogP contribution >= 0.6 is 0 Å². The Balaban J connectivity index is 2.27. The van der Waals surface area contributed by atoms with Gasteiger partial charge in [0.2, 0.25) is 0 Å². The number of carbonyl (C=O) groups excluding carboxylic acids is 1. The Morgan fingerprint density at radius 3 is 2.76 bits per heavy atom. The van der Waals surface area contributed by atoms with E-state index in [9.17, 15) is 4.79 Å². The van der Waals surface area contributed by atoms with Crippen LogP contribution in [0.1, 0.15) is 31.2 Å². The summed E-state index contributed by atoms with van der Waals surface area (Å²) in [5, 5.41) is 0. The van der Waals surface area contributed by atoms with Gasteiger partial charge in [-0.2, -0.15) is 0 Å². The highest BCUT2D eigenvalue weighted by atomic mass is 16.5. The van der Waals surface area contributed by atoms with E-state index < -0.39 is 5.41 Å². The van der Waals surface area contributed by atoms with Crippen molar-refractivity contribution in [1.29, 1.82) is 0 Å². The van der Waals surface area contributed by atoms with E-state index in [4.69, 9.17) is 4.74 Å². The lowest BCUT2D eigenvalue weighted by atomic mass is 9.99. The van der Waals surface area contributed by atoms with Gasteiger partial charge in [0.05, 0.1) is 7.11 Å². The molecule has 0 amide bonds. The Hall–Kier alpha value is -1.75. The molecule has 0 N–H and O–H groups in total. The molecule has 0 saturated heterocycles. The van der Waals surface area contributed by atoms with E-state index in [-0.39, 0.29) is 11.9 Å². The third kappa shape index (κ3) is 2.06. The fourth-order valence-electron chi connectivity index (χ4n) is 2.19. The summed E-state index contributed by atoms with van der Waals surface area (Å²) in [6.07, 6.45) is 1.54. The van der Waals surface area contributed by atoms with Gasteiger partial charge < -0.3 is 4.74 Å². The molecule has 88 valence electrons. The summed E-state index contributed by atoms with van der Waals surface area (Å²) < 4.78 is 4.88. The van der Waals surface area contributed by atoms with Gasteiger partial charge >= 0.3 is 5.97 Å². The molecule has 1 saturated carbocycles. The van der Waals surface area contributed by atoms with Crippen molar-refractivity contribution in [2.45, 2.75) is 25.7 Å². The zero-order valence-corrected chi connectivity index (χ0v) is 10.2. The minimum atomic E-state index is -0.591. The Kier molecular flexibility index (Phi) is 3.19. The molecule has 1 aromatic carbocycles. The molecule has 0 heterocycles. The zero-order chi connectivity index (χ0) is 12.3. The van der Waals surface area contributed by atoms with Crippen molar-refractivity contribution in [2.24, 2.45) is 5.41 Å². The maximum absolute atomic E-state index is 11.9. The summed E-state index contributed by atoms with van der Waals surface area (Å²) in [5.41, 5.74) is 0.579. The maximum atomic E-state index is 11.9. The number of rotatable bonds is 2. The number of methoxy groups -OCH3 is 1. The van der Waals surface area contributed by atoms with Crippen molar-refractivity contribution >= 4 is 5.97 Å². The lowest BCUT2D eigenvalue weighted by Crippen LogP contribution is -2.17. The first kappa shape index (κ1) is 11.7. The van der Waals surface area contributed by atoms with Crippen LogP contribution in [0.5, 0.6) is 0 Å². The second-order valence-corrected chi connectivity index (χ2v) is 4.29. The summed E-state index contributed by atoms with van der Waals surface area (Å²) in [5.74, 6) is 6.10. The van der Waals surface area contributed by atoms with Crippen molar-refractivity contribution in [3.8, 4) is 11.8 Å². The summed E-state index contributed by atoms with van der Waals surface area (Å²) >= 11 is 0. The van der Waals surface area contributed by atoms with E-state index in [2.05, 4.69) is 11.8 Å². The molecule has 17 heavy (non-hydrogen) atoms. The SMILES string of the molecule is CCC#C[C@@]1(C(=O)OC)C[C@H]1c1ccccc1. The molecule has 2 atom stereocenters. The first-order valence-electron chi connectivity index (χ1n) is 5.88. The van der Waals surface area contributed by atoms with E-state index in [1.54, 1.807) is 0 Å². The molecule has 2 heteroatoms. The highest BCUT2D eigenvalue weighted by molar-refractivity contribution is 5.86. The predicted molar refractivity (Wildman–Crippen MR) is 66.3 cm³/mol. The summed E-state index contributed by atoms with van der Waals surface area (Å²) in [7, 11) is 1.43. The second-order valence-electron chi connectivity index (χ2n) is 4.29. The van der Waals surface area contributed by atoms with Crippen LogP contribution in [0.2, 0.25) is 0 Å². The normalized spacial score (nSPS) is 25.6. The number of hydrogen-bond acceptors (Lipinski definition) is 2. The van der Waals surface area contributed by atoms with Crippen molar-refractivity contribution < 1.29 is 9.53 Å². The fraction of sp³-hybridized carbons (Fsp3) is 0.400. The Morgan fingerprint density at radius 2 is 2.18 bits per heavy atom. The highest BCUT2D eigenvalue weighted by Crippen LogP contribution is 2.59. The minimum Gasteiger partial charge on any atom is -0.468 e. The number of hydrogen-bond donors (Lipinski definition) is 0. The number of esters is 1. The topological polar surface area (TPSA) is 26.3 Å². The van der Waals surface area contributed by atoms with Crippen LogP contribution in [-0.4, -0.2) is 13.1 Å². The summed E-state index contributed by atoms with van der Waals surface area (Å²) in [6.45, 7) is 1.98. The number of ether oxygens (including phenoxy) is 1. The third-order valence-electron chi connectivity index (χ3n) is 3.20. The van der Waals surface area contributed by atoms with Crippen molar-refractivity contribution in [2.75, 3.05) is 7.11 Å². The van der Waals surface area contributed by atoms with E-state index in [0.717, 1.165) is 12.8 Å². The molecule has 1 aliphatic rings. The lowest BCUT2D eigenvalue weighted by molar-refractivity contribution is -0.144. The molecule has 0 radical (unpaired) electrons. The Morgan fingerprint density at radius 1 is 1.47 bits per heavy atom. The van der Waals surface area contributed by atoms with E-state index in [0.29, 0.717) is 0 Å². The average molecular weight is 228 g/mol. The van der Waals surface area contributed by atoms with Gasteiger partial charge in [0, 0.05) is 12.3 Å². The molecule has 1 fully saturated rings. The molecule has 0 aliphatic heterocycles. The third-order valence-corrected chi connectivity index (χ3v) is 3.20. The second kappa shape index (κ2) is 4.63. The monoisotopic (exact) mass is 228 g/mol. The molecule has 2 nitrogen and oxygen atoms in total. The minimum absolute atomic E-state index is 0.190. The molecular formula is C15H16O2. The molecule has 0 unspecified atom stereocenters. The van der Waals surface area contributed by atoms with Gasteiger partial charge in [-0.25, -0.2) is 0 Å². The van der Waals surface area contributed by atoms with Crippen molar-refractivity contribution in [3.05, 3.63) is 35.9 Å². The highest BCUT2D eigenvalue weighted by Gasteiger charge is 2.60. The molecule has 1 aliphatic carbocycles. The largest absolute Gasteiger partial charge is 0.468 e. The Bertz CT molecular complexity index is 467. The maximum Gasteiger partial charge on any atom is 0.324 e. The van der Waals surface area contributed by atoms with E-state index in [1.807, 2.05) is 37.3 Å². The van der Waals surface area contributed by atoms with E-state index >= 15 is 0 Å². The first-order chi connectivity index (χ1) is 8.24. The van der Waals surface area contributed by atoms with Gasteiger partial charge in [0.15, 0.2) is 0 Å². The van der Waals surface area contributed by atoms with Gasteiger partial charge in [-0.1, -0.05) is 43.2 Å². The number of carbonyl (C=O) groups is 1. The van der Waals surface area contributed by atoms with Gasteiger partial charge in [0.1, 0.15) is 5.41 Å². The average Bonchev–Trinajstić information content (AvgIpc) is 3.12. The quantitative estimate of drug-likeness (QED) is 0.574. The molecular weight excluding hydrogens is 212 g/mol. The van der Waals surface area contributed by atoms with Crippen molar-refractivity contribution in [1.82, 2.24) is 0 Å². The van der Waals surface area contributed by atoms with Crippen LogP contribution in [0, 0.1) is 17.3 Å². The smallest absolute Gasteiger partial charge is 0.324 e. The molecule has 1 aromatic rings. The lowest BCUT2D eigenvalue weighted by Gasteiger charge is -2.08. The fourth-order valence-corrected chi connectivity index (χ4v) is 2.19. The molecule has 0 aromatic heterocycles. The van der Waals surface area contributed by atoms with Crippen LogP contribution in [0.15, 0.2) is 30.3 Å². The molecule has 2 rings (SSSR count). The number of benzene rings is 1. The van der Waals surface area contributed by atoms with Crippen LogP contribution in [0.25, 0.3) is 0 Å². The van der Waals surface area contributed by atoms with Crippen LogP contribution in [-0.2, 0) is 9.53 Å². The van der Waals surface area contributed by atoms with Gasteiger partial charge in [-0.15, -0.1) is 5.92 Å². The van der Waals surface area contributed by atoms with Crippen LogP contribution < -0.4 is 0 Å². The predicted octanol–water partition coefficient (Wildman–Crippen LogP) is 2.75. The summed E-state index contributed by atoms with van der Waals surface area (Å²) in [4.78, 5) is 11.9. The Labute approximate surface area is 102 Å². The standard InChI is InChI=1S/C15H16O2/c1-3-4-10-15(14(16)17-2)11-13(15)12-8-6-5-7-9-12/h5-9,13H,3,11H2,1-2H3/t13-,15+/m0/s1. The zero-order valence-electron chi connectivity index (χ0n) is 10.2. The first-order valence-corrected chi connectivity index (χ1v) is 5.88. The van der Waals surface area contributed by atoms with Gasteiger partial charge in [0.25, 0.3) is 0 Å². The van der Waals surface area contributed by atoms with Crippen LogP contribution in [0.4, 0.5) is 0 Å².